The van der Waals surface area contributed by atoms with Crippen molar-refractivity contribution >= 4 is 27.3 Å². The second kappa shape index (κ2) is 4.21. The molecule has 2 nitrogen and oxygen atoms in total. The molecule has 0 amide bonds. The van der Waals surface area contributed by atoms with E-state index in [-0.39, 0.29) is 0 Å². The Morgan fingerprint density at radius 3 is 2.93 bits per heavy atom. The average molecular weight is 269 g/mol. The summed E-state index contributed by atoms with van der Waals surface area (Å²) in [5.74, 6) is 0. The lowest BCUT2D eigenvalue weighted by atomic mass is 10.1. The summed E-state index contributed by atoms with van der Waals surface area (Å²) in [4.78, 5) is 4.29. The Bertz CT molecular complexity index is 439. The van der Waals surface area contributed by atoms with Crippen LogP contribution in [-0.2, 0) is 6.54 Å². The van der Waals surface area contributed by atoms with Gasteiger partial charge in [-0.2, -0.15) is 0 Å². The number of hydrogen-bond donors (Lipinski definition) is 1. The molecule has 1 heterocycles. The van der Waals surface area contributed by atoms with Gasteiger partial charge in [-0.05, 0) is 27.6 Å². The van der Waals surface area contributed by atoms with Gasteiger partial charge >= 0.3 is 0 Å². The molecule has 4 heteroatoms. The molecule has 0 atom stereocenters. The second-order valence-electron chi connectivity index (χ2n) is 2.87. The molecular formula is C10H9BrN2S. The van der Waals surface area contributed by atoms with E-state index in [0.717, 1.165) is 19.9 Å². The first kappa shape index (κ1) is 9.83. The zero-order chi connectivity index (χ0) is 9.97. The molecule has 2 aromatic rings. The number of halogens is 1. The lowest BCUT2D eigenvalue weighted by Crippen LogP contribution is -1.95. The highest BCUT2D eigenvalue weighted by atomic mass is 79.9. The summed E-state index contributed by atoms with van der Waals surface area (Å²) < 4.78 is 1.05. The van der Waals surface area contributed by atoms with Crippen LogP contribution in [0.3, 0.4) is 0 Å². The van der Waals surface area contributed by atoms with Gasteiger partial charge in [-0.15, -0.1) is 11.3 Å². The van der Waals surface area contributed by atoms with E-state index in [9.17, 15) is 0 Å². The van der Waals surface area contributed by atoms with Crippen molar-refractivity contribution < 1.29 is 0 Å². The number of hydrogen-bond acceptors (Lipinski definition) is 3. The van der Waals surface area contributed by atoms with E-state index in [4.69, 9.17) is 5.73 Å². The number of benzene rings is 1. The highest BCUT2D eigenvalue weighted by molar-refractivity contribution is 9.11. The van der Waals surface area contributed by atoms with Gasteiger partial charge in [0.05, 0.1) is 9.98 Å². The third kappa shape index (κ3) is 2.03. The predicted octanol–water partition coefficient (Wildman–Crippen LogP) is 3.03. The number of aromatic nitrogens is 1. The van der Waals surface area contributed by atoms with Crippen LogP contribution in [0.4, 0.5) is 0 Å². The zero-order valence-corrected chi connectivity index (χ0v) is 9.81. The van der Waals surface area contributed by atoms with Crippen molar-refractivity contribution in [3.63, 3.8) is 0 Å². The molecule has 72 valence electrons. The Hall–Kier alpha value is -0.710. The van der Waals surface area contributed by atoms with E-state index in [0.29, 0.717) is 6.54 Å². The molecule has 0 bridgehead atoms. The third-order valence-corrected chi connectivity index (χ3v) is 3.41. The summed E-state index contributed by atoms with van der Waals surface area (Å²) in [6, 6.07) is 8.15. The van der Waals surface area contributed by atoms with Gasteiger partial charge in [0.25, 0.3) is 0 Å². The van der Waals surface area contributed by atoms with E-state index in [1.54, 1.807) is 11.3 Å². The maximum atomic E-state index is 5.58. The first-order valence-electron chi connectivity index (χ1n) is 4.20. The molecule has 0 aliphatic carbocycles. The first-order valence-corrected chi connectivity index (χ1v) is 5.81. The Balaban J connectivity index is 2.41. The number of thiazole rings is 1. The number of nitrogens with two attached hydrogens (primary N) is 1. The van der Waals surface area contributed by atoms with E-state index in [1.165, 1.54) is 0 Å². The summed E-state index contributed by atoms with van der Waals surface area (Å²) in [5.41, 5.74) is 7.84. The van der Waals surface area contributed by atoms with E-state index in [2.05, 4.69) is 27.0 Å². The van der Waals surface area contributed by atoms with Crippen LogP contribution in [-0.4, -0.2) is 4.98 Å². The van der Waals surface area contributed by atoms with Crippen LogP contribution in [0.1, 0.15) is 5.56 Å². The molecule has 0 aliphatic heterocycles. The normalized spacial score (nSPS) is 10.4. The summed E-state index contributed by atoms with van der Waals surface area (Å²) in [7, 11) is 0. The summed E-state index contributed by atoms with van der Waals surface area (Å²) in [5, 5.41) is 1.02. The molecule has 0 saturated carbocycles. The highest BCUT2D eigenvalue weighted by Gasteiger charge is 2.02. The first-order chi connectivity index (χ1) is 6.79. The summed E-state index contributed by atoms with van der Waals surface area (Å²) in [6.45, 7) is 0.570. The molecule has 0 saturated heterocycles. The average Bonchev–Trinajstić information content (AvgIpc) is 2.65. The van der Waals surface area contributed by atoms with Crippen molar-refractivity contribution in [2.75, 3.05) is 0 Å². The van der Waals surface area contributed by atoms with Gasteiger partial charge in [-0.1, -0.05) is 18.2 Å². The van der Waals surface area contributed by atoms with Crippen LogP contribution >= 0.6 is 27.3 Å². The van der Waals surface area contributed by atoms with E-state index in [1.807, 2.05) is 24.4 Å². The molecule has 1 aromatic carbocycles. The van der Waals surface area contributed by atoms with Crippen molar-refractivity contribution in [1.82, 2.24) is 4.98 Å². The van der Waals surface area contributed by atoms with Crippen molar-refractivity contribution in [3.8, 4) is 10.6 Å². The van der Waals surface area contributed by atoms with Crippen molar-refractivity contribution in [3.05, 3.63) is 39.8 Å². The van der Waals surface area contributed by atoms with Gasteiger partial charge in [-0.25, -0.2) is 4.98 Å². The van der Waals surface area contributed by atoms with Crippen molar-refractivity contribution in [2.24, 2.45) is 5.73 Å². The SMILES string of the molecule is NCc1cccc(-c2ncc(Br)s2)c1. The smallest absolute Gasteiger partial charge is 0.124 e. The fraction of sp³-hybridized carbons (Fsp3) is 0.100. The largest absolute Gasteiger partial charge is 0.326 e. The van der Waals surface area contributed by atoms with Gasteiger partial charge in [-0.3, -0.25) is 0 Å². The van der Waals surface area contributed by atoms with Crippen molar-refractivity contribution in [2.45, 2.75) is 6.54 Å². The third-order valence-electron chi connectivity index (χ3n) is 1.89. The van der Waals surface area contributed by atoms with Crippen LogP contribution in [0.15, 0.2) is 34.2 Å². The van der Waals surface area contributed by atoms with Crippen LogP contribution in [0.2, 0.25) is 0 Å². The van der Waals surface area contributed by atoms with Gasteiger partial charge in [0.2, 0.25) is 0 Å². The molecule has 0 unspecified atom stereocenters. The fourth-order valence-electron chi connectivity index (χ4n) is 1.22. The molecular weight excluding hydrogens is 260 g/mol. The topological polar surface area (TPSA) is 38.9 Å². The number of rotatable bonds is 2. The van der Waals surface area contributed by atoms with E-state index >= 15 is 0 Å². The highest BCUT2D eigenvalue weighted by Crippen LogP contribution is 2.28. The van der Waals surface area contributed by atoms with Crippen LogP contribution in [0, 0.1) is 0 Å². The Kier molecular flexibility index (Phi) is 2.96. The van der Waals surface area contributed by atoms with Crippen LogP contribution in [0.5, 0.6) is 0 Å². The minimum atomic E-state index is 0.570. The van der Waals surface area contributed by atoms with Gasteiger partial charge in [0.15, 0.2) is 0 Å². The summed E-state index contributed by atoms with van der Waals surface area (Å²) in [6.07, 6.45) is 1.81. The maximum absolute atomic E-state index is 5.58. The molecule has 0 spiro atoms. The van der Waals surface area contributed by atoms with E-state index < -0.39 is 0 Å². The van der Waals surface area contributed by atoms with Crippen molar-refractivity contribution in [1.29, 1.82) is 0 Å². The molecule has 2 N–H and O–H groups in total. The quantitative estimate of drug-likeness (QED) is 0.910. The predicted molar refractivity (Wildman–Crippen MR) is 63.1 cm³/mol. The monoisotopic (exact) mass is 268 g/mol. The minimum Gasteiger partial charge on any atom is -0.326 e. The summed E-state index contributed by atoms with van der Waals surface area (Å²) >= 11 is 5.02. The zero-order valence-electron chi connectivity index (χ0n) is 7.40. The fourth-order valence-corrected chi connectivity index (χ4v) is 2.42. The lowest BCUT2D eigenvalue weighted by Gasteiger charge is -1.99. The Morgan fingerprint density at radius 2 is 2.29 bits per heavy atom. The van der Waals surface area contributed by atoms with Gasteiger partial charge in [0.1, 0.15) is 5.01 Å². The minimum absolute atomic E-state index is 0.570. The second-order valence-corrected chi connectivity index (χ2v) is 5.28. The molecule has 2 rings (SSSR count). The maximum Gasteiger partial charge on any atom is 0.124 e. The lowest BCUT2D eigenvalue weighted by molar-refractivity contribution is 1.07. The van der Waals surface area contributed by atoms with Gasteiger partial charge in [0, 0.05) is 12.1 Å². The molecule has 0 radical (unpaired) electrons. The molecule has 1 aromatic heterocycles. The molecule has 0 aliphatic rings. The Morgan fingerprint density at radius 1 is 1.43 bits per heavy atom. The standard InChI is InChI=1S/C10H9BrN2S/c11-9-6-13-10(14-9)8-3-1-2-7(4-8)5-12/h1-4,6H,5,12H2. The van der Waals surface area contributed by atoms with Gasteiger partial charge < -0.3 is 5.73 Å². The number of nitrogens with zero attached hydrogens (tertiary/aromatic N) is 1. The van der Waals surface area contributed by atoms with Crippen LogP contribution in [0.25, 0.3) is 10.6 Å². The molecule has 0 fully saturated rings. The molecule has 14 heavy (non-hydrogen) atoms. The Labute approximate surface area is 94.9 Å². The van der Waals surface area contributed by atoms with Crippen LogP contribution < -0.4 is 5.73 Å².